The number of methoxy groups -OCH3 is 2. The summed E-state index contributed by atoms with van der Waals surface area (Å²) >= 11 is 0. The predicted octanol–water partition coefficient (Wildman–Crippen LogP) is 1.54. The number of terminal acetylenes is 1. The Kier molecular flexibility index (Phi) is 10.1. The molecule has 1 N–H and O–H groups in total. The molecule has 0 amide bonds. The molecule has 0 saturated carbocycles. The molecular weight excluding hydrogens is 294 g/mol. The zero-order valence-electron chi connectivity index (χ0n) is 14.0. The number of ether oxygens (including phenoxy) is 3. The predicted molar refractivity (Wildman–Crippen MR) is 90.4 cm³/mol. The fourth-order valence-electron chi connectivity index (χ4n) is 2.26. The molecule has 1 aromatic rings. The normalized spacial score (nSPS) is 12.1. The second-order valence-corrected chi connectivity index (χ2v) is 5.30. The van der Waals surface area contributed by atoms with Crippen LogP contribution in [0.5, 0.6) is 5.75 Å². The van der Waals surface area contributed by atoms with Gasteiger partial charge in [-0.25, -0.2) is 0 Å². The summed E-state index contributed by atoms with van der Waals surface area (Å²) in [6.07, 6.45) is 5.47. The highest BCUT2D eigenvalue weighted by molar-refractivity contribution is 5.27. The maximum atomic E-state index is 10.1. The van der Waals surface area contributed by atoms with Gasteiger partial charge in [-0.2, -0.15) is 0 Å². The summed E-state index contributed by atoms with van der Waals surface area (Å²) in [5.74, 6) is 3.23. The Balaban J connectivity index is 2.54. The van der Waals surface area contributed by atoms with E-state index in [4.69, 9.17) is 20.6 Å². The second-order valence-electron chi connectivity index (χ2n) is 5.30. The summed E-state index contributed by atoms with van der Waals surface area (Å²) in [6, 6.07) is 7.94. The van der Waals surface area contributed by atoms with Crippen molar-refractivity contribution in [2.24, 2.45) is 0 Å². The molecule has 1 aromatic carbocycles. The van der Waals surface area contributed by atoms with E-state index < -0.39 is 6.10 Å². The molecule has 0 saturated heterocycles. The summed E-state index contributed by atoms with van der Waals surface area (Å²) in [7, 11) is 3.34. The maximum absolute atomic E-state index is 10.1. The molecule has 0 aliphatic rings. The van der Waals surface area contributed by atoms with Gasteiger partial charge in [0.05, 0.1) is 19.8 Å². The molecule has 23 heavy (non-hydrogen) atoms. The van der Waals surface area contributed by atoms with Crippen LogP contribution in [0.4, 0.5) is 0 Å². The number of aliphatic hydroxyl groups excluding tert-OH is 1. The largest absolute Gasteiger partial charge is 0.497 e. The molecule has 0 radical (unpaired) electrons. The van der Waals surface area contributed by atoms with E-state index >= 15 is 0 Å². The van der Waals surface area contributed by atoms with Gasteiger partial charge in [-0.05, 0) is 24.1 Å². The zero-order valence-corrected chi connectivity index (χ0v) is 14.0. The van der Waals surface area contributed by atoms with E-state index in [1.54, 1.807) is 14.2 Å². The van der Waals surface area contributed by atoms with Crippen molar-refractivity contribution >= 4 is 0 Å². The zero-order chi connectivity index (χ0) is 16.9. The van der Waals surface area contributed by atoms with Gasteiger partial charge in [0, 0.05) is 33.4 Å². The Morgan fingerprint density at radius 2 is 2.00 bits per heavy atom. The average molecular weight is 321 g/mol. The van der Waals surface area contributed by atoms with Gasteiger partial charge in [0.1, 0.15) is 12.4 Å². The van der Waals surface area contributed by atoms with Gasteiger partial charge in [0.15, 0.2) is 0 Å². The van der Waals surface area contributed by atoms with E-state index in [1.807, 2.05) is 24.3 Å². The van der Waals surface area contributed by atoms with Crippen molar-refractivity contribution in [2.75, 3.05) is 47.1 Å². The molecule has 5 nitrogen and oxygen atoms in total. The SMILES string of the molecule is C#CCOC[C@@H](O)CN(CCCOC)Cc1ccc(OC)cc1. The maximum Gasteiger partial charge on any atom is 0.118 e. The third-order valence-corrected chi connectivity index (χ3v) is 3.35. The molecule has 0 aliphatic heterocycles. The van der Waals surface area contributed by atoms with Crippen molar-refractivity contribution in [1.82, 2.24) is 4.90 Å². The van der Waals surface area contributed by atoms with Crippen LogP contribution in [0.2, 0.25) is 0 Å². The topological polar surface area (TPSA) is 51.2 Å². The van der Waals surface area contributed by atoms with Crippen LogP contribution in [0.15, 0.2) is 24.3 Å². The van der Waals surface area contributed by atoms with E-state index in [-0.39, 0.29) is 13.2 Å². The quantitative estimate of drug-likeness (QED) is 0.467. The van der Waals surface area contributed by atoms with Gasteiger partial charge in [0.2, 0.25) is 0 Å². The van der Waals surface area contributed by atoms with Crippen molar-refractivity contribution < 1.29 is 19.3 Å². The molecule has 0 aromatic heterocycles. The van der Waals surface area contributed by atoms with Gasteiger partial charge in [-0.15, -0.1) is 6.42 Å². The lowest BCUT2D eigenvalue weighted by molar-refractivity contribution is 0.0244. The van der Waals surface area contributed by atoms with Crippen molar-refractivity contribution in [3.63, 3.8) is 0 Å². The first-order valence-electron chi connectivity index (χ1n) is 7.73. The highest BCUT2D eigenvalue weighted by Crippen LogP contribution is 2.13. The number of hydrogen-bond donors (Lipinski definition) is 1. The summed E-state index contributed by atoms with van der Waals surface area (Å²) in [5.41, 5.74) is 1.17. The van der Waals surface area contributed by atoms with E-state index in [2.05, 4.69) is 10.8 Å². The lowest BCUT2D eigenvalue weighted by Gasteiger charge is -2.25. The highest BCUT2D eigenvalue weighted by Gasteiger charge is 2.12. The number of hydrogen-bond acceptors (Lipinski definition) is 5. The molecule has 1 rings (SSSR count). The fraction of sp³-hybridized carbons (Fsp3) is 0.556. The molecule has 0 spiro atoms. The Labute approximate surface area is 139 Å². The van der Waals surface area contributed by atoms with Gasteiger partial charge >= 0.3 is 0 Å². The van der Waals surface area contributed by atoms with Crippen LogP contribution in [0.25, 0.3) is 0 Å². The smallest absolute Gasteiger partial charge is 0.118 e. The van der Waals surface area contributed by atoms with Gasteiger partial charge in [-0.1, -0.05) is 18.1 Å². The van der Waals surface area contributed by atoms with Crippen LogP contribution < -0.4 is 4.74 Å². The fourth-order valence-corrected chi connectivity index (χ4v) is 2.26. The van der Waals surface area contributed by atoms with Crippen LogP contribution in [0.3, 0.4) is 0 Å². The van der Waals surface area contributed by atoms with Crippen molar-refractivity contribution in [3.05, 3.63) is 29.8 Å². The highest BCUT2D eigenvalue weighted by atomic mass is 16.5. The van der Waals surface area contributed by atoms with Crippen LogP contribution in [-0.2, 0) is 16.0 Å². The van der Waals surface area contributed by atoms with Gasteiger partial charge in [0.25, 0.3) is 0 Å². The number of benzene rings is 1. The average Bonchev–Trinajstić information content (AvgIpc) is 2.56. The van der Waals surface area contributed by atoms with E-state index in [0.29, 0.717) is 13.2 Å². The molecular formula is C18H27NO4. The number of aliphatic hydroxyl groups is 1. The van der Waals surface area contributed by atoms with E-state index in [9.17, 15) is 5.11 Å². The first-order chi connectivity index (χ1) is 11.2. The third-order valence-electron chi connectivity index (χ3n) is 3.35. The summed E-state index contributed by atoms with van der Waals surface area (Å²) in [5, 5.41) is 10.1. The van der Waals surface area contributed by atoms with E-state index in [1.165, 1.54) is 5.56 Å². The molecule has 128 valence electrons. The molecule has 0 fully saturated rings. The first kappa shape index (κ1) is 19.5. The van der Waals surface area contributed by atoms with Crippen LogP contribution >= 0.6 is 0 Å². The second kappa shape index (κ2) is 11.9. The summed E-state index contributed by atoms with van der Waals surface area (Å²) in [6.45, 7) is 3.28. The van der Waals surface area contributed by atoms with Crippen molar-refractivity contribution in [3.8, 4) is 18.1 Å². The lowest BCUT2D eigenvalue weighted by atomic mass is 10.2. The Hall–Kier alpha value is -1.58. The lowest BCUT2D eigenvalue weighted by Crippen LogP contribution is -2.35. The Bertz CT molecular complexity index is 455. The monoisotopic (exact) mass is 321 g/mol. The Morgan fingerprint density at radius 3 is 2.61 bits per heavy atom. The third kappa shape index (κ3) is 8.58. The number of nitrogens with zero attached hydrogens (tertiary/aromatic N) is 1. The molecule has 0 bridgehead atoms. The minimum absolute atomic E-state index is 0.221. The van der Waals surface area contributed by atoms with Gasteiger partial charge in [-0.3, -0.25) is 4.90 Å². The molecule has 1 atom stereocenters. The summed E-state index contributed by atoms with van der Waals surface area (Å²) < 4.78 is 15.5. The molecule has 0 unspecified atom stereocenters. The van der Waals surface area contributed by atoms with Gasteiger partial charge < -0.3 is 19.3 Å². The first-order valence-corrected chi connectivity index (χ1v) is 7.73. The number of rotatable bonds is 12. The van der Waals surface area contributed by atoms with E-state index in [0.717, 1.165) is 25.3 Å². The molecule has 0 aliphatic carbocycles. The van der Waals surface area contributed by atoms with Crippen LogP contribution in [0.1, 0.15) is 12.0 Å². The minimum atomic E-state index is -0.566. The van der Waals surface area contributed by atoms with Crippen molar-refractivity contribution in [1.29, 1.82) is 0 Å². The van der Waals surface area contributed by atoms with Crippen molar-refractivity contribution in [2.45, 2.75) is 19.1 Å². The Morgan fingerprint density at radius 1 is 1.26 bits per heavy atom. The van der Waals surface area contributed by atoms with Crippen LogP contribution in [-0.4, -0.2) is 63.2 Å². The standard InChI is InChI=1S/C18H27NO4/c1-4-11-23-15-17(20)14-19(10-5-12-21-2)13-16-6-8-18(22-3)9-7-16/h1,6-9,17,20H,5,10-15H2,2-3H3/t17-/m0/s1. The minimum Gasteiger partial charge on any atom is -0.497 e. The molecule has 5 heteroatoms. The molecule has 0 heterocycles. The summed E-state index contributed by atoms with van der Waals surface area (Å²) in [4.78, 5) is 2.19. The van der Waals surface area contributed by atoms with Crippen LogP contribution in [0, 0.1) is 12.3 Å².